The quantitative estimate of drug-likeness (QED) is 0.683. The standard InChI is InChI=1S/C10H18N2O2/c13-10(9-1-2-9)11-3-4-12-5-7-14-8-6-12/h9H,1-8H2,(H,11,13). The molecule has 0 spiro atoms. The number of nitrogens with one attached hydrogen (secondary N) is 1. The third kappa shape index (κ3) is 2.96. The van der Waals surface area contributed by atoms with Gasteiger partial charge in [0.2, 0.25) is 5.91 Å². The maximum atomic E-state index is 11.3. The van der Waals surface area contributed by atoms with E-state index in [-0.39, 0.29) is 5.91 Å². The number of ether oxygens (including phenoxy) is 1. The summed E-state index contributed by atoms with van der Waals surface area (Å²) in [4.78, 5) is 13.6. The summed E-state index contributed by atoms with van der Waals surface area (Å²) in [6.07, 6.45) is 2.17. The van der Waals surface area contributed by atoms with Gasteiger partial charge in [-0.15, -0.1) is 0 Å². The van der Waals surface area contributed by atoms with E-state index in [0.29, 0.717) is 5.92 Å². The molecule has 4 heteroatoms. The highest BCUT2D eigenvalue weighted by molar-refractivity contribution is 5.80. The second-order valence-corrected chi connectivity index (χ2v) is 4.02. The van der Waals surface area contributed by atoms with Gasteiger partial charge in [0.25, 0.3) is 0 Å². The molecule has 80 valence electrons. The van der Waals surface area contributed by atoms with Gasteiger partial charge < -0.3 is 10.1 Å². The van der Waals surface area contributed by atoms with Crippen LogP contribution in [0, 0.1) is 5.92 Å². The van der Waals surface area contributed by atoms with Crippen LogP contribution in [-0.2, 0) is 9.53 Å². The fourth-order valence-electron chi connectivity index (χ4n) is 1.65. The monoisotopic (exact) mass is 198 g/mol. The lowest BCUT2D eigenvalue weighted by atomic mass is 10.3. The second kappa shape index (κ2) is 4.75. The van der Waals surface area contributed by atoms with E-state index in [2.05, 4.69) is 10.2 Å². The van der Waals surface area contributed by atoms with Crippen molar-refractivity contribution in [2.75, 3.05) is 39.4 Å². The molecule has 4 nitrogen and oxygen atoms in total. The number of carbonyl (C=O) groups excluding carboxylic acids is 1. The Labute approximate surface area is 84.6 Å². The molecule has 0 aromatic carbocycles. The lowest BCUT2D eigenvalue weighted by Crippen LogP contribution is -2.41. The van der Waals surface area contributed by atoms with Crippen LogP contribution < -0.4 is 5.32 Å². The highest BCUT2D eigenvalue weighted by atomic mass is 16.5. The molecule has 1 saturated heterocycles. The predicted octanol–water partition coefficient (Wildman–Crippen LogP) is -0.155. The Morgan fingerprint density at radius 1 is 1.36 bits per heavy atom. The van der Waals surface area contributed by atoms with Gasteiger partial charge in [-0.25, -0.2) is 0 Å². The van der Waals surface area contributed by atoms with Crippen molar-refractivity contribution in [3.05, 3.63) is 0 Å². The van der Waals surface area contributed by atoms with E-state index in [1.54, 1.807) is 0 Å². The van der Waals surface area contributed by atoms with Crippen molar-refractivity contribution in [2.24, 2.45) is 5.92 Å². The minimum atomic E-state index is 0.248. The largest absolute Gasteiger partial charge is 0.379 e. The van der Waals surface area contributed by atoms with Crippen LogP contribution in [0.3, 0.4) is 0 Å². The smallest absolute Gasteiger partial charge is 0.223 e. The van der Waals surface area contributed by atoms with Crippen LogP contribution in [0.4, 0.5) is 0 Å². The molecule has 0 aromatic rings. The highest BCUT2D eigenvalue weighted by Crippen LogP contribution is 2.28. The first-order chi connectivity index (χ1) is 6.86. The van der Waals surface area contributed by atoms with E-state index in [1.807, 2.05) is 0 Å². The van der Waals surface area contributed by atoms with Gasteiger partial charge in [-0.05, 0) is 12.8 Å². The first-order valence-electron chi connectivity index (χ1n) is 5.44. The summed E-state index contributed by atoms with van der Waals surface area (Å²) in [6.45, 7) is 5.41. The zero-order chi connectivity index (χ0) is 9.80. The molecule has 0 unspecified atom stereocenters. The van der Waals surface area contributed by atoms with E-state index in [1.165, 1.54) is 0 Å². The van der Waals surface area contributed by atoms with Crippen LogP contribution in [0.1, 0.15) is 12.8 Å². The van der Waals surface area contributed by atoms with Gasteiger partial charge in [0.05, 0.1) is 13.2 Å². The molecular formula is C10H18N2O2. The van der Waals surface area contributed by atoms with Crippen LogP contribution in [0.5, 0.6) is 0 Å². The van der Waals surface area contributed by atoms with Gasteiger partial charge in [0.15, 0.2) is 0 Å². The number of carbonyl (C=O) groups is 1. The lowest BCUT2D eigenvalue weighted by Gasteiger charge is -2.26. The van der Waals surface area contributed by atoms with Crippen LogP contribution in [0.25, 0.3) is 0 Å². The number of amides is 1. The Kier molecular flexibility index (Phi) is 3.37. The number of hydrogen-bond donors (Lipinski definition) is 1. The Morgan fingerprint density at radius 3 is 2.71 bits per heavy atom. The first kappa shape index (κ1) is 9.93. The second-order valence-electron chi connectivity index (χ2n) is 4.02. The molecule has 0 bridgehead atoms. The molecule has 2 rings (SSSR count). The van der Waals surface area contributed by atoms with Gasteiger partial charge in [0, 0.05) is 32.1 Å². The summed E-state index contributed by atoms with van der Waals surface area (Å²) in [5.41, 5.74) is 0. The van der Waals surface area contributed by atoms with Crippen LogP contribution >= 0.6 is 0 Å². The normalized spacial score (nSPS) is 23.4. The van der Waals surface area contributed by atoms with Crippen molar-refractivity contribution >= 4 is 5.91 Å². The average Bonchev–Trinajstić information content (AvgIpc) is 3.02. The number of nitrogens with zero attached hydrogens (tertiary/aromatic N) is 1. The fraction of sp³-hybridized carbons (Fsp3) is 0.900. The van der Waals surface area contributed by atoms with E-state index >= 15 is 0 Å². The molecule has 0 atom stereocenters. The van der Waals surface area contributed by atoms with Gasteiger partial charge in [0.1, 0.15) is 0 Å². The van der Waals surface area contributed by atoms with Crippen molar-refractivity contribution in [2.45, 2.75) is 12.8 Å². The molecule has 1 amide bonds. The van der Waals surface area contributed by atoms with Gasteiger partial charge >= 0.3 is 0 Å². The fourth-order valence-corrected chi connectivity index (χ4v) is 1.65. The Hall–Kier alpha value is -0.610. The lowest BCUT2D eigenvalue weighted by molar-refractivity contribution is -0.122. The zero-order valence-corrected chi connectivity index (χ0v) is 8.50. The van der Waals surface area contributed by atoms with Crippen molar-refractivity contribution in [1.29, 1.82) is 0 Å². The summed E-state index contributed by atoms with van der Waals surface area (Å²) >= 11 is 0. The Bertz CT molecular complexity index is 198. The molecule has 1 heterocycles. The molecule has 0 radical (unpaired) electrons. The van der Waals surface area contributed by atoms with Crippen LogP contribution in [0.15, 0.2) is 0 Å². The molecule has 2 aliphatic rings. The molecule has 2 fully saturated rings. The number of morpholine rings is 1. The number of hydrogen-bond acceptors (Lipinski definition) is 3. The van der Waals surface area contributed by atoms with Gasteiger partial charge in [-0.2, -0.15) is 0 Å². The molecule has 1 aliphatic heterocycles. The molecule has 1 N–H and O–H groups in total. The number of rotatable bonds is 4. The Balaban J connectivity index is 1.54. The van der Waals surface area contributed by atoms with E-state index in [0.717, 1.165) is 52.2 Å². The van der Waals surface area contributed by atoms with Gasteiger partial charge in [-0.3, -0.25) is 9.69 Å². The van der Waals surface area contributed by atoms with Crippen molar-refractivity contribution in [1.82, 2.24) is 10.2 Å². The van der Waals surface area contributed by atoms with Crippen LogP contribution in [-0.4, -0.2) is 50.2 Å². The maximum Gasteiger partial charge on any atom is 0.223 e. The third-order valence-electron chi connectivity index (χ3n) is 2.78. The third-order valence-corrected chi connectivity index (χ3v) is 2.78. The van der Waals surface area contributed by atoms with Crippen LogP contribution in [0.2, 0.25) is 0 Å². The summed E-state index contributed by atoms with van der Waals surface area (Å²) in [5.74, 6) is 0.581. The van der Waals surface area contributed by atoms with E-state index in [4.69, 9.17) is 4.74 Å². The minimum Gasteiger partial charge on any atom is -0.379 e. The van der Waals surface area contributed by atoms with Crippen molar-refractivity contribution < 1.29 is 9.53 Å². The van der Waals surface area contributed by atoms with E-state index < -0.39 is 0 Å². The molecular weight excluding hydrogens is 180 g/mol. The summed E-state index contributed by atoms with van der Waals surface area (Å²) < 4.78 is 5.25. The first-order valence-corrected chi connectivity index (χ1v) is 5.44. The minimum absolute atomic E-state index is 0.248. The summed E-state index contributed by atoms with van der Waals surface area (Å²) in [7, 11) is 0. The molecule has 0 aromatic heterocycles. The maximum absolute atomic E-state index is 11.3. The molecule has 1 saturated carbocycles. The molecule has 1 aliphatic carbocycles. The van der Waals surface area contributed by atoms with Gasteiger partial charge in [-0.1, -0.05) is 0 Å². The zero-order valence-electron chi connectivity index (χ0n) is 8.50. The van der Waals surface area contributed by atoms with Crippen molar-refractivity contribution in [3.8, 4) is 0 Å². The topological polar surface area (TPSA) is 41.6 Å². The van der Waals surface area contributed by atoms with E-state index in [9.17, 15) is 4.79 Å². The SMILES string of the molecule is O=C(NCCN1CCOCC1)C1CC1. The Morgan fingerprint density at radius 2 is 2.07 bits per heavy atom. The predicted molar refractivity (Wildman–Crippen MR) is 53.0 cm³/mol. The summed E-state index contributed by atoms with van der Waals surface area (Å²) in [5, 5.41) is 2.97. The molecule has 14 heavy (non-hydrogen) atoms. The summed E-state index contributed by atoms with van der Waals surface area (Å²) in [6, 6.07) is 0. The van der Waals surface area contributed by atoms with Crippen molar-refractivity contribution in [3.63, 3.8) is 0 Å². The highest BCUT2D eigenvalue weighted by Gasteiger charge is 2.29. The average molecular weight is 198 g/mol.